The number of carbonyl (C=O) groups excluding carboxylic acids is 3. The number of unbranched alkanes of at least 4 members (excludes halogenated alkanes) is 29. The molecule has 0 aromatic heterocycles. The van der Waals surface area contributed by atoms with Crippen LogP contribution in [-0.2, 0) is 28.6 Å². The number of allylic oxidation sites excluding steroid dienone is 16. The molecule has 0 heterocycles. The molecule has 0 N–H and O–H groups in total. The minimum Gasteiger partial charge on any atom is -0.462 e. The third-order valence-electron chi connectivity index (χ3n) is 13.3. The highest BCUT2D eigenvalue weighted by atomic mass is 16.6. The number of ether oxygens (including phenoxy) is 3. The molecule has 0 spiro atoms. The maximum absolute atomic E-state index is 12.9. The van der Waals surface area contributed by atoms with Crippen molar-refractivity contribution in [1.82, 2.24) is 0 Å². The van der Waals surface area contributed by atoms with Crippen LogP contribution in [0.15, 0.2) is 97.2 Å². The zero-order valence-corrected chi connectivity index (χ0v) is 48.6. The van der Waals surface area contributed by atoms with Crippen molar-refractivity contribution in [3.8, 4) is 0 Å². The van der Waals surface area contributed by atoms with Crippen molar-refractivity contribution in [3.63, 3.8) is 0 Å². The maximum atomic E-state index is 12.9. The zero-order chi connectivity index (χ0) is 53.6. The molecule has 74 heavy (non-hydrogen) atoms. The zero-order valence-electron chi connectivity index (χ0n) is 48.6. The highest BCUT2D eigenvalue weighted by Gasteiger charge is 2.19. The third kappa shape index (κ3) is 59.2. The lowest BCUT2D eigenvalue weighted by Gasteiger charge is -2.18. The Kier molecular flexibility index (Phi) is 58.8. The molecule has 0 rings (SSSR count). The van der Waals surface area contributed by atoms with Gasteiger partial charge in [0, 0.05) is 19.3 Å². The van der Waals surface area contributed by atoms with Crippen molar-refractivity contribution < 1.29 is 28.6 Å². The van der Waals surface area contributed by atoms with E-state index in [0.717, 1.165) is 109 Å². The molecular formula is C68H116O6. The van der Waals surface area contributed by atoms with Gasteiger partial charge in [0.1, 0.15) is 13.2 Å². The second-order valence-electron chi connectivity index (χ2n) is 20.6. The largest absolute Gasteiger partial charge is 0.462 e. The van der Waals surface area contributed by atoms with Gasteiger partial charge in [-0.3, -0.25) is 14.4 Å². The van der Waals surface area contributed by atoms with E-state index < -0.39 is 6.10 Å². The van der Waals surface area contributed by atoms with Crippen molar-refractivity contribution in [3.05, 3.63) is 97.2 Å². The van der Waals surface area contributed by atoms with E-state index in [4.69, 9.17) is 14.2 Å². The third-order valence-corrected chi connectivity index (χ3v) is 13.3. The molecule has 0 aliphatic heterocycles. The number of hydrogen-bond acceptors (Lipinski definition) is 6. The Morgan fingerprint density at radius 2 is 0.527 bits per heavy atom. The van der Waals surface area contributed by atoms with Gasteiger partial charge >= 0.3 is 17.9 Å². The van der Waals surface area contributed by atoms with Gasteiger partial charge < -0.3 is 14.2 Å². The molecule has 0 saturated carbocycles. The summed E-state index contributed by atoms with van der Waals surface area (Å²) in [4.78, 5) is 38.2. The first kappa shape index (κ1) is 70.3. The van der Waals surface area contributed by atoms with E-state index >= 15 is 0 Å². The lowest BCUT2D eigenvalue weighted by atomic mass is 10.0. The maximum Gasteiger partial charge on any atom is 0.306 e. The van der Waals surface area contributed by atoms with E-state index in [1.54, 1.807) is 0 Å². The lowest BCUT2D eigenvalue weighted by Crippen LogP contribution is -2.30. The molecule has 1 atom stereocenters. The van der Waals surface area contributed by atoms with Gasteiger partial charge in [0.15, 0.2) is 6.10 Å². The number of rotatable bonds is 56. The van der Waals surface area contributed by atoms with Gasteiger partial charge in [-0.05, 0) is 103 Å². The van der Waals surface area contributed by atoms with Gasteiger partial charge in [-0.15, -0.1) is 0 Å². The Hall–Kier alpha value is -3.67. The van der Waals surface area contributed by atoms with Crippen LogP contribution in [0.2, 0.25) is 0 Å². The average molecular weight is 1030 g/mol. The Morgan fingerprint density at radius 3 is 0.838 bits per heavy atom. The quantitative estimate of drug-likeness (QED) is 0.0261. The average Bonchev–Trinajstić information content (AvgIpc) is 3.40. The molecule has 0 bridgehead atoms. The summed E-state index contributed by atoms with van der Waals surface area (Å²) in [6.07, 6.45) is 82.7. The van der Waals surface area contributed by atoms with Crippen LogP contribution < -0.4 is 0 Å². The van der Waals surface area contributed by atoms with Crippen LogP contribution in [0, 0.1) is 0 Å². The van der Waals surface area contributed by atoms with Crippen LogP contribution in [-0.4, -0.2) is 37.2 Å². The van der Waals surface area contributed by atoms with E-state index in [1.165, 1.54) is 148 Å². The number of hydrogen-bond donors (Lipinski definition) is 0. The summed E-state index contributed by atoms with van der Waals surface area (Å²) in [6, 6.07) is 0. The van der Waals surface area contributed by atoms with Gasteiger partial charge in [0.05, 0.1) is 0 Å². The summed E-state index contributed by atoms with van der Waals surface area (Å²) in [5.74, 6) is -0.919. The molecule has 0 amide bonds. The summed E-state index contributed by atoms with van der Waals surface area (Å²) in [7, 11) is 0. The van der Waals surface area contributed by atoms with Crippen LogP contribution in [0.25, 0.3) is 0 Å². The van der Waals surface area contributed by atoms with Gasteiger partial charge in [-0.1, -0.05) is 272 Å². The molecule has 0 aromatic carbocycles. The van der Waals surface area contributed by atoms with Crippen LogP contribution in [0.5, 0.6) is 0 Å². The first-order valence-corrected chi connectivity index (χ1v) is 31.2. The summed E-state index contributed by atoms with van der Waals surface area (Å²) in [6.45, 7) is 6.49. The van der Waals surface area contributed by atoms with Gasteiger partial charge in [0.25, 0.3) is 0 Å². The highest BCUT2D eigenvalue weighted by Crippen LogP contribution is 2.16. The van der Waals surface area contributed by atoms with Crippen LogP contribution in [0.1, 0.15) is 297 Å². The molecule has 0 aromatic rings. The molecule has 0 radical (unpaired) electrons. The van der Waals surface area contributed by atoms with Crippen LogP contribution in [0.4, 0.5) is 0 Å². The lowest BCUT2D eigenvalue weighted by molar-refractivity contribution is -0.167. The molecule has 6 heteroatoms. The molecular weight excluding hydrogens is 913 g/mol. The molecule has 0 fully saturated rings. The van der Waals surface area contributed by atoms with E-state index in [0.29, 0.717) is 12.8 Å². The Bertz CT molecular complexity index is 1460. The van der Waals surface area contributed by atoms with Crippen LogP contribution in [0.3, 0.4) is 0 Å². The van der Waals surface area contributed by atoms with E-state index in [1.807, 2.05) is 0 Å². The van der Waals surface area contributed by atoms with E-state index in [9.17, 15) is 14.4 Å². The molecule has 0 saturated heterocycles. The van der Waals surface area contributed by atoms with Crippen molar-refractivity contribution in [2.75, 3.05) is 13.2 Å². The topological polar surface area (TPSA) is 78.9 Å². The van der Waals surface area contributed by atoms with Crippen molar-refractivity contribution in [2.45, 2.75) is 303 Å². The normalized spacial score (nSPS) is 12.7. The molecule has 6 nitrogen and oxygen atoms in total. The van der Waals surface area contributed by atoms with Crippen molar-refractivity contribution in [1.29, 1.82) is 0 Å². The predicted octanol–water partition coefficient (Wildman–Crippen LogP) is 21.3. The van der Waals surface area contributed by atoms with Gasteiger partial charge in [0.2, 0.25) is 0 Å². The summed E-state index contributed by atoms with van der Waals surface area (Å²) in [5.41, 5.74) is 0. The summed E-state index contributed by atoms with van der Waals surface area (Å²) < 4.78 is 16.9. The second kappa shape index (κ2) is 61.9. The van der Waals surface area contributed by atoms with Crippen molar-refractivity contribution >= 4 is 17.9 Å². The Morgan fingerprint density at radius 1 is 0.284 bits per heavy atom. The fraction of sp³-hybridized carbons (Fsp3) is 0.721. The fourth-order valence-corrected chi connectivity index (χ4v) is 8.65. The van der Waals surface area contributed by atoms with E-state index in [-0.39, 0.29) is 37.5 Å². The number of carbonyl (C=O) groups is 3. The van der Waals surface area contributed by atoms with E-state index in [2.05, 4.69) is 118 Å². The number of esters is 3. The SMILES string of the molecule is CC/C=C\C/C=C\C/C=C\C/C=C\C/C=C\CCCCCC(=O)OC(COC(=O)CCCCCCCCCCCC)COC(=O)CCCCCCCCCCCCCC/C=C\C/C=C\C/C=C\CCCCCCC. The first-order valence-electron chi connectivity index (χ1n) is 31.2. The van der Waals surface area contributed by atoms with Crippen LogP contribution >= 0.6 is 0 Å². The molecule has 0 aliphatic rings. The molecule has 424 valence electrons. The first-order chi connectivity index (χ1) is 36.5. The Balaban J connectivity index is 4.28. The molecule has 0 aliphatic carbocycles. The minimum atomic E-state index is -0.795. The second-order valence-corrected chi connectivity index (χ2v) is 20.6. The standard InChI is InChI=1S/C68H116O6/c1-4-7-10-13-16-19-22-24-26-28-30-31-32-33-34-35-36-37-39-40-42-44-46-49-52-55-58-61-67(70)73-64-65(63-72-66(69)60-57-54-51-48-21-18-15-12-9-6-3)74-68(71)62-59-56-53-50-47-45-43-41-38-29-27-25-23-20-17-14-11-8-5-2/h8,11,17,20,22,24-25,27-28,30,32-33,38,41,45,47,65H,4-7,9-10,12-16,18-19,21,23,26,29,31,34-37,39-40,42-44,46,48-64H2,1-3H3/b11-8-,20-17-,24-22-,27-25-,30-28-,33-32-,41-38-,47-45-. The summed E-state index contributed by atoms with van der Waals surface area (Å²) in [5, 5.41) is 0. The van der Waals surface area contributed by atoms with Crippen molar-refractivity contribution in [2.24, 2.45) is 0 Å². The Labute approximate surface area is 457 Å². The summed E-state index contributed by atoms with van der Waals surface area (Å²) >= 11 is 0. The minimum absolute atomic E-state index is 0.0897. The fourth-order valence-electron chi connectivity index (χ4n) is 8.65. The predicted molar refractivity (Wildman–Crippen MR) is 320 cm³/mol. The van der Waals surface area contributed by atoms with Gasteiger partial charge in [-0.2, -0.15) is 0 Å². The smallest absolute Gasteiger partial charge is 0.306 e. The highest BCUT2D eigenvalue weighted by molar-refractivity contribution is 5.71. The molecule has 1 unspecified atom stereocenters. The van der Waals surface area contributed by atoms with Gasteiger partial charge in [-0.25, -0.2) is 0 Å². The monoisotopic (exact) mass is 1030 g/mol.